The molecule has 2 N–H and O–H groups in total. The molecule has 0 aliphatic rings. The number of hydrogen-bond donors (Lipinski definition) is 2. The molecule has 0 heterocycles. The molecule has 0 saturated heterocycles. The van der Waals surface area contributed by atoms with Gasteiger partial charge in [-0.2, -0.15) is 0 Å². The van der Waals surface area contributed by atoms with Gasteiger partial charge in [0.2, 0.25) is 0 Å². The van der Waals surface area contributed by atoms with Gasteiger partial charge < -0.3 is 24.6 Å². The fraction of sp³-hybridized carbons (Fsp3) is 0.462. The highest BCUT2D eigenvalue weighted by Gasteiger charge is 2.12. The summed E-state index contributed by atoms with van der Waals surface area (Å²) in [6.07, 6.45) is -0.832. The van der Waals surface area contributed by atoms with E-state index in [-0.39, 0.29) is 0 Å². The number of methoxy groups -OCH3 is 3. The fourth-order valence-electron chi connectivity index (χ4n) is 1.61. The number of benzene rings is 1. The van der Waals surface area contributed by atoms with Crippen LogP contribution in [-0.4, -0.2) is 39.1 Å². The fourth-order valence-corrected chi connectivity index (χ4v) is 1.61. The molecule has 0 fully saturated rings. The number of alkyl carbamates (subject to hydrolysis) is 1. The quantitative estimate of drug-likeness (QED) is 0.818. The maximum atomic E-state index is 10.9. The van der Waals surface area contributed by atoms with Crippen LogP contribution in [0.5, 0.6) is 11.5 Å². The first-order valence-electron chi connectivity index (χ1n) is 5.84. The molecule has 1 rings (SSSR count). The van der Waals surface area contributed by atoms with Crippen LogP contribution in [0.15, 0.2) is 18.2 Å². The Labute approximate surface area is 112 Å². The van der Waals surface area contributed by atoms with Gasteiger partial charge in [-0.3, -0.25) is 0 Å². The largest absolute Gasteiger partial charge is 0.493 e. The molecule has 0 saturated carbocycles. The molecule has 1 aromatic rings. The van der Waals surface area contributed by atoms with E-state index in [1.165, 1.54) is 14.2 Å². The number of carbonyl (C=O) groups excluding carboxylic acids is 1. The van der Waals surface area contributed by atoms with Crippen LogP contribution in [0.2, 0.25) is 0 Å². The summed E-state index contributed by atoms with van der Waals surface area (Å²) in [6, 6.07) is 5.19. The Morgan fingerprint density at radius 3 is 2.53 bits per heavy atom. The van der Waals surface area contributed by atoms with Gasteiger partial charge in [0.05, 0.1) is 27.4 Å². The highest BCUT2D eigenvalue weighted by molar-refractivity contribution is 5.66. The summed E-state index contributed by atoms with van der Waals surface area (Å²) in [5.74, 6) is 1.16. The first-order valence-corrected chi connectivity index (χ1v) is 5.84. The number of carbonyl (C=O) groups is 1. The monoisotopic (exact) mass is 269 g/mol. The third-order valence-electron chi connectivity index (χ3n) is 2.66. The van der Waals surface area contributed by atoms with E-state index in [2.05, 4.69) is 10.1 Å². The molecule has 0 radical (unpaired) electrons. The summed E-state index contributed by atoms with van der Waals surface area (Å²) in [4.78, 5) is 10.9. The van der Waals surface area contributed by atoms with Crippen molar-refractivity contribution in [3.63, 3.8) is 0 Å². The maximum Gasteiger partial charge on any atom is 0.406 e. The highest BCUT2D eigenvalue weighted by atomic mass is 16.5. The number of amides is 1. The zero-order valence-corrected chi connectivity index (χ0v) is 11.3. The van der Waals surface area contributed by atoms with Crippen molar-refractivity contribution in [2.45, 2.75) is 12.5 Å². The Balaban J connectivity index is 2.61. The van der Waals surface area contributed by atoms with Crippen LogP contribution >= 0.6 is 0 Å². The van der Waals surface area contributed by atoms with Crippen LogP contribution in [0.1, 0.15) is 18.1 Å². The van der Waals surface area contributed by atoms with E-state index in [9.17, 15) is 9.90 Å². The highest BCUT2D eigenvalue weighted by Crippen LogP contribution is 2.30. The van der Waals surface area contributed by atoms with Gasteiger partial charge in [0, 0.05) is 6.54 Å². The zero-order chi connectivity index (χ0) is 14.3. The molecule has 1 amide bonds. The molecule has 1 aromatic carbocycles. The summed E-state index contributed by atoms with van der Waals surface area (Å²) >= 11 is 0. The number of rotatable bonds is 6. The van der Waals surface area contributed by atoms with Crippen LogP contribution in [0, 0.1) is 0 Å². The van der Waals surface area contributed by atoms with Crippen molar-refractivity contribution in [1.29, 1.82) is 0 Å². The molecule has 0 bridgehead atoms. The predicted octanol–water partition coefficient (Wildman–Crippen LogP) is 1.48. The molecular weight excluding hydrogens is 250 g/mol. The lowest BCUT2D eigenvalue weighted by Crippen LogP contribution is -2.25. The molecule has 19 heavy (non-hydrogen) atoms. The second-order valence-electron chi connectivity index (χ2n) is 3.84. The Morgan fingerprint density at radius 1 is 1.26 bits per heavy atom. The second-order valence-corrected chi connectivity index (χ2v) is 3.84. The minimum absolute atomic E-state index is 0.322. The number of aliphatic hydroxyl groups excluding tert-OH is 1. The number of aliphatic hydroxyl groups is 1. The third kappa shape index (κ3) is 4.33. The van der Waals surface area contributed by atoms with E-state index >= 15 is 0 Å². The van der Waals surface area contributed by atoms with Crippen molar-refractivity contribution in [3.05, 3.63) is 23.8 Å². The van der Waals surface area contributed by atoms with Crippen molar-refractivity contribution in [2.75, 3.05) is 27.9 Å². The van der Waals surface area contributed by atoms with E-state index in [1.807, 2.05) is 0 Å². The molecule has 0 spiro atoms. The van der Waals surface area contributed by atoms with Gasteiger partial charge in [-0.15, -0.1) is 0 Å². The van der Waals surface area contributed by atoms with Gasteiger partial charge in [0.25, 0.3) is 0 Å². The third-order valence-corrected chi connectivity index (χ3v) is 2.66. The summed E-state index contributed by atoms with van der Waals surface area (Å²) in [6.45, 7) is 0.322. The van der Waals surface area contributed by atoms with Gasteiger partial charge in [-0.05, 0) is 24.1 Å². The van der Waals surface area contributed by atoms with Crippen LogP contribution < -0.4 is 14.8 Å². The van der Waals surface area contributed by atoms with Crippen LogP contribution in [-0.2, 0) is 4.74 Å². The normalized spacial score (nSPS) is 11.6. The SMILES string of the molecule is COC(=O)NCCC(O)c1ccc(OC)c(OC)c1. The van der Waals surface area contributed by atoms with E-state index in [1.54, 1.807) is 25.3 Å². The molecular formula is C13H19NO5. The van der Waals surface area contributed by atoms with E-state index in [0.717, 1.165) is 0 Å². The summed E-state index contributed by atoms with van der Waals surface area (Å²) in [7, 11) is 4.38. The van der Waals surface area contributed by atoms with E-state index in [4.69, 9.17) is 9.47 Å². The molecule has 1 atom stereocenters. The first-order chi connectivity index (χ1) is 9.12. The van der Waals surface area contributed by atoms with Crippen LogP contribution in [0.25, 0.3) is 0 Å². The van der Waals surface area contributed by atoms with Crippen LogP contribution in [0.4, 0.5) is 4.79 Å². The topological polar surface area (TPSA) is 77.0 Å². The van der Waals surface area contributed by atoms with Crippen molar-refractivity contribution in [3.8, 4) is 11.5 Å². The summed E-state index contributed by atoms with van der Waals surface area (Å²) in [5, 5.41) is 12.5. The Morgan fingerprint density at radius 2 is 1.95 bits per heavy atom. The van der Waals surface area contributed by atoms with Gasteiger partial charge in [-0.1, -0.05) is 6.07 Å². The first kappa shape index (κ1) is 15.1. The molecule has 0 aliphatic heterocycles. The van der Waals surface area contributed by atoms with Gasteiger partial charge in [0.15, 0.2) is 11.5 Å². The molecule has 6 nitrogen and oxygen atoms in total. The van der Waals surface area contributed by atoms with Crippen molar-refractivity contribution < 1.29 is 24.1 Å². The smallest absolute Gasteiger partial charge is 0.406 e. The zero-order valence-electron chi connectivity index (χ0n) is 11.3. The summed E-state index contributed by atoms with van der Waals surface area (Å²) < 4.78 is 14.7. The molecule has 0 aromatic heterocycles. The molecule has 1 unspecified atom stereocenters. The standard InChI is InChI=1S/C13H19NO5/c1-17-11-5-4-9(8-12(11)18-2)10(15)6-7-14-13(16)19-3/h4-5,8,10,15H,6-7H2,1-3H3,(H,14,16). The molecule has 106 valence electrons. The predicted molar refractivity (Wildman–Crippen MR) is 69.5 cm³/mol. The van der Waals surface area contributed by atoms with Crippen LogP contribution in [0.3, 0.4) is 0 Å². The van der Waals surface area contributed by atoms with E-state index < -0.39 is 12.2 Å². The average Bonchev–Trinajstić information content (AvgIpc) is 2.45. The summed E-state index contributed by atoms with van der Waals surface area (Å²) in [5.41, 5.74) is 0.698. The van der Waals surface area contributed by atoms with Gasteiger partial charge in [-0.25, -0.2) is 4.79 Å². The van der Waals surface area contributed by atoms with Crippen molar-refractivity contribution >= 4 is 6.09 Å². The number of hydrogen-bond acceptors (Lipinski definition) is 5. The molecule has 6 heteroatoms. The molecule has 0 aliphatic carbocycles. The number of nitrogens with one attached hydrogen (secondary N) is 1. The minimum atomic E-state index is -0.697. The average molecular weight is 269 g/mol. The number of ether oxygens (including phenoxy) is 3. The van der Waals surface area contributed by atoms with E-state index in [0.29, 0.717) is 30.0 Å². The lowest BCUT2D eigenvalue weighted by molar-refractivity contribution is 0.154. The lowest BCUT2D eigenvalue weighted by Gasteiger charge is -2.14. The van der Waals surface area contributed by atoms with Crippen molar-refractivity contribution in [1.82, 2.24) is 5.32 Å². The lowest BCUT2D eigenvalue weighted by atomic mass is 10.1. The van der Waals surface area contributed by atoms with Gasteiger partial charge >= 0.3 is 6.09 Å². The minimum Gasteiger partial charge on any atom is -0.493 e. The van der Waals surface area contributed by atoms with Gasteiger partial charge in [0.1, 0.15) is 0 Å². The Bertz CT molecular complexity index is 421. The Kier molecular flexibility index (Phi) is 5.95. The Hall–Kier alpha value is -1.95. The maximum absolute atomic E-state index is 10.9. The van der Waals surface area contributed by atoms with Crippen molar-refractivity contribution in [2.24, 2.45) is 0 Å². The second kappa shape index (κ2) is 7.48.